The fraction of sp³-hybridized carbons (Fsp3) is 0.222. The zero-order valence-electron chi connectivity index (χ0n) is 12.7. The van der Waals surface area contributed by atoms with E-state index in [-0.39, 0.29) is 0 Å². The smallest absolute Gasteiger partial charge is 0.0586 e. The zero-order chi connectivity index (χ0) is 15.2. The SMILES string of the molecule is CC(C)c1ccccc1/C(N)=C/N(N)Cc1ccccc1. The molecule has 2 aromatic rings. The number of benzene rings is 2. The number of hydrazine groups is 1. The standard InChI is InChI=1S/C18H23N3/c1-14(2)16-10-6-7-11-17(16)18(19)13-21(20)12-15-8-4-3-5-9-15/h3-11,13-14H,12,19-20H2,1-2H3/b18-13-. The molecule has 0 aliphatic rings. The molecule has 0 spiro atoms. The summed E-state index contributed by atoms with van der Waals surface area (Å²) >= 11 is 0. The molecule has 0 aliphatic carbocycles. The molecule has 0 atom stereocenters. The highest BCUT2D eigenvalue weighted by atomic mass is 15.4. The summed E-state index contributed by atoms with van der Waals surface area (Å²) < 4.78 is 0. The monoisotopic (exact) mass is 281 g/mol. The molecule has 0 saturated heterocycles. The number of hydrogen-bond acceptors (Lipinski definition) is 3. The quantitative estimate of drug-likeness (QED) is 0.652. The van der Waals surface area contributed by atoms with Gasteiger partial charge in [0.05, 0.1) is 12.2 Å². The topological polar surface area (TPSA) is 55.3 Å². The minimum Gasteiger partial charge on any atom is -0.397 e. The van der Waals surface area contributed by atoms with Crippen molar-refractivity contribution in [2.45, 2.75) is 26.3 Å². The van der Waals surface area contributed by atoms with Crippen molar-refractivity contribution in [1.29, 1.82) is 0 Å². The summed E-state index contributed by atoms with van der Waals surface area (Å²) in [6, 6.07) is 18.3. The largest absolute Gasteiger partial charge is 0.397 e. The second-order valence-electron chi connectivity index (χ2n) is 5.48. The Balaban J connectivity index is 2.17. The van der Waals surface area contributed by atoms with E-state index in [2.05, 4.69) is 19.9 Å². The molecule has 0 heterocycles. The molecule has 3 heteroatoms. The van der Waals surface area contributed by atoms with E-state index in [4.69, 9.17) is 11.6 Å². The molecule has 0 fully saturated rings. The highest BCUT2D eigenvalue weighted by Gasteiger charge is 2.08. The Morgan fingerprint density at radius 2 is 1.67 bits per heavy atom. The van der Waals surface area contributed by atoms with Crippen LogP contribution in [0.2, 0.25) is 0 Å². The van der Waals surface area contributed by atoms with Crippen molar-refractivity contribution in [3.8, 4) is 0 Å². The number of rotatable bonds is 5. The zero-order valence-corrected chi connectivity index (χ0v) is 12.7. The molecule has 0 radical (unpaired) electrons. The lowest BCUT2D eigenvalue weighted by Crippen LogP contribution is -2.25. The summed E-state index contributed by atoms with van der Waals surface area (Å²) in [7, 11) is 0. The van der Waals surface area contributed by atoms with Crippen molar-refractivity contribution in [1.82, 2.24) is 5.01 Å². The maximum atomic E-state index is 6.23. The summed E-state index contributed by atoms with van der Waals surface area (Å²) in [6.07, 6.45) is 1.80. The average molecular weight is 281 g/mol. The van der Waals surface area contributed by atoms with Gasteiger partial charge >= 0.3 is 0 Å². The van der Waals surface area contributed by atoms with Gasteiger partial charge in [-0.05, 0) is 17.0 Å². The molecule has 2 rings (SSSR count). The molecule has 3 nitrogen and oxygen atoms in total. The van der Waals surface area contributed by atoms with Crippen molar-refractivity contribution >= 4 is 5.70 Å². The summed E-state index contributed by atoms with van der Waals surface area (Å²) in [5.41, 5.74) is 10.4. The molecule has 21 heavy (non-hydrogen) atoms. The van der Waals surface area contributed by atoms with Crippen molar-refractivity contribution in [3.05, 3.63) is 77.5 Å². The highest BCUT2D eigenvalue weighted by Crippen LogP contribution is 2.23. The number of hydrogen-bond donors (Lipinski definition) is 2. The molecule has 0 unspecified atom stereocenters. The van der Waals surface area contributed by atoms with E-state index in [0.717, 1.165) is 11.1 Å². The third kappa shape index (κ3) is 4.10. The van der Waals surface area contributed by atoms with E-state index in [1.54, 1.807) is 11.2 Å². The predicted molar refractivity (Wildman–Crippen MR) is 88.9 cm³/mol. The van der Waals surface area contributed by atoms with Crippen LogP contribution in [0.4, 0.5) is 0 Å². The lowest BCUT2D eigenvalue weighted by molar-refractivity contribution is 0.388. The Morgan fingerprint density at radius 3 is 2.33 bits per heavy atom. The summed E-state index contributed by atoms with van der Waals surface area (Å²) in [5, 5.41) is 1.63. The molecule has 0 aliphatic heterocycles. The van der Waals surface area contributed by atoms with E-state index in [9.17, 15) is 0 Å². The molecule has 0 bridgehead atoms. The van der Waals surface area contributed by atoms with Crippen LogP contribution in [0.15, 0.2) is 60.8 Å². The lowest BCUT2D eigenvalue weighted by Gasteiger charge is -2.17. The molecule has 0 saturated carbocycles. The van der Waals surface area contributed by atoms with Gasteiger partial charge < -0.3 is 10.7 Å². The third-order valence-electron chi connectivity index (χ3n) is 3.41. The van der Waals surface area contributed by atoms with Gasteiger partial charge in [0.2, 0.25) is 0 Å². The van der Waals surface area contributed by atoms with Crippen LogP contribution >= 0.6 is 0 Å². The first-order valence-corrected chi connectivity index (χ1v) is 7.19. The Kier molecular flexibility index (Phi) is 5.01. The Hall–Kier alpha value is -2.26. The summed E-state index contributed by atoms with van der Waals surface area (Å²) in [5.74, 6) is 6.47. The van der Waals surface area contributed by atoms with Crippen LogP contribution in [0.5, 0.6) is 0 Å². The molecule has 110 valence electrons. The van der Waals surface area contributed by atoms with Gasteiger partial charge in [-0.25, -0.2) is 5.84 Å². The Labute approximate surface area is 126 Å². The number of nitrogens with two attached hydrogens (primary N) is 2. The van der Waals surface area contributed by atoms with Crippen molar-refractivity contribution in [3.63, 3.8) is 0 Å². The molecular formula is C18H23N3. The number of nitrogens with zero attached hydrogens (tertiary/aromatic N) is 1. The molecule has 2 aromatic carbocycles. The van der Waals surface area contributed by atoms with Gasteiger partial charge in [0.25, 0.3) is 0 Å². The minimum absolute atomic E-state index is 0.425. The first kappa shape index (κ1) is 15.1. The second-order valence-corrected chi connectivity index (χ2v) is 5.48. The van der Waals surface area contributed by atoms with Crippen LogP contribution in [0.3, 0.4) is 0 Å². The predicted octanol–water partition coefficient (Wildman–Crippen LogP) is 3.44. The first-order valence-electron chi connectivity index (χ1n) is 7.19. The normalized spacial score (nSPS) is 11.7. The Morgan fingerprint density at radius 1 is 1.05 bits per heavy atom. The summed E-state index contributed by atoms with van der Waals surface area (Å²) in [4.78, 5) is 0. The van der Waals surface area contributed by atoms with Crippen LogP contribution in [-0.4, -0.2) is 5.01 Å². The lowest BCUT2D eigenvalue weighted by atomic mass is 9.96. The molecular weight excluding hydrogens is 258 g/mol. The van der Waals surface area contributed by atoms with Crippen LogP contribution in [0.25, 0.3) is 5.70 Å². The third-order valence-corrected chi connectivity index (χ3v) is 3.41. The fourth-order valence-electron chi connectivity index (χ4n) is 2.35. The van der Waals surface area contributed by atoms with E-state index < -0.39 is 0 Å². The van der Waals surface area contributed by atoms with Crippen molar-refractivity contribution in [2.75, 3.05) is 0 Å². The molecule has 0 aromatic heterocycles. The van der Waals surface area contributed by atoms with E-state index in [1.165, 1.54) is 5.56 Å². The Bertz CT molecular complexity index is 603. The van der Waals surface area contributed by atoms with Crippen LogP contribution in [0.1, 0.15) is 36.5 Å². The van der Waals surface area contributed by atoms with Gasteiger partial charge in [0.15, 0.2) is 0 Å². The van der Waals surface area contributed by atoms with Crippen LogP contribution in [0, 0.1) is 0 Å². The van der Waals surface area contributed by atoms with Gasteiger partial charge in [-0.3, -0.25) is 0 Å². The van der Waals surface area contributed by atoms with Crippen LogP contribution < -0.4 is 11.6 Å². The first-order chi connectivity index (χ1) is 10.1. The van der Waals surface area contributed by atoms with Gasteiger partial charge in [0, 0.05) is 11.8 Å². The van der Waals surface area contributed by atoms with Gasteiger partial charge in [-0.2, -0.15) is 0 Å². The van der Waals surface area contributed by atoms with Crippen LogP contribution in [-0.2, 0) is 6.54 Å². The van der Waals surface area contributed by atoms with E-state index in [1.807, 2.05) is 48.5 Å². The van der Waals surface area contributed by atoms with E-state index >= 15 is 0 Å². The van der Waals surface area contributed by atoms with Gasteiger partial charge in [-0.15, -0.1) is 0 Å². The highest BCUT2D eigenvalue weighted by molar-refractivity contribution is 5.65. The van der Waals surface area contributed by atoms with Gasteiger partial charge in [0.1, 0.15) is 0 Å². The molecule has 0 amide bonds. The maximum Gasteiger partial charge on any atom is 0.0586 e. The second kappa shape index (κ2) is 6.95. The minimum atomic E-state index is 0.425. The molecule has 4 N–H and O–H groups in total. The van der Waals surface area contributed by atoms with E-state index in [0.29, 0.717) is 18.2 Å². The van der Waals surface area contributed by atoms with Crippen molar-refractivity contribution in [2.24, 2.45) is 11.6 Å². The average Bonchev–Trinajstić information content (AvgIpc) is 2.48. The maximum absolute atomic E-state index is 6.23. The fourth-order valence-corrected chi connectivity index (χ4v) is 2.35. The summed E-state index contributed by atoms with van der Waals surface area (Å²) in [6.45, 7) is 4.96. The van der Waals surface area contributed by atoms with Crippen molar-refractivity contribution < 1.29 is 0 Å². The van der Waals surface area contributed by atoms with Gasteiger partial charge in [-0.1, -0.05) is 68.4 Å².